The van der Waals surface area contributed by atoms with Gasteiger partial charge in [0.05, 0.1) is 6.61 Å². The average molecular weight is 449 g/mol. The van der Waals surface area contributed by atoms with Gasteiger partial charge in [-0.3, -0.25) is 4.90 Å². The van der Waals surface area contributed by atoms with E-state index >= 15 is 0 Å². The van der Waals surface area contributed by atoms with Gasteiger partial charge in [-0.2, -0.15) is 0 Å². The first-order valence-electron chi connectivity index (χ1n) is 12.4. The van der Waals surface area contributed by atoms with Gasteiger partial charge in [-0.15, -0.1) is 0 Å². The Morgan fingerprint density at radius 3 is 2.48 bits per heavy atom. The van der Waals surface area contributed by atoms with E-state index in [-0.39, 0.29) is 0 Å². The predicted octanol–water partition coefficient (Wildman–Crippen LogP) is 4.77. The molecule has 1 unspecified atom stereocenters. The van der Waals surface area contributed by atoms with Gasteiger partial charge in [0.25, 0.3) is 0 Å². The smallest absolute Gasteiger partial charge is 0.136 e. The van der Waals surface area contributed by atoms with E-state index in [0.717, 1.165) is 55.0 Å². The SMILES string of the molecule is Cc1nc(Nc2cc(C3CCN(C4CCOC4)CC3)c(C)cc2C=N)cc(NC2CCC2)n1. The number of nitrogens with one attached hydrogen (secondary N) is 3. The zero-order valence-electron chi connectivity index (χ0n) is 19.9. The molecule has 7 heteroatoms. The molecule has 33 heavy (non-hydrogen) atoms. The third-order valence-corrected chi connectivity index (χ3v) is 7.54. The van der Waals surface area contributed by atoms with Crippen LogP contribution in [0.15, 0.2) is 18.2 Å². The highest BCUT2D eigenvalue weighted by molar-refractivity contribution is 5.88. The molecule has 1 aromatic carbocycles. The van der Waals surface area contributed by atoms with E-state index in [1.807, 2.05) is 13.0 Å². The first-order chi connectivity index (χ1) is 16.1. The number of piperidine rings is 1. The van der Waals surface area contributed by atoms with E-state index in [4.69, 9.17) is 10.1 Å². The molecule has 176 valence electrons. The Morgan fingerprint density at radius 2 is 1.82 bits per heavy atom. The molecule has 3 N–H and O–H groups in total. The van der Waals surface area contributed by atoms with Gasteiger partial charge in [0.2, 0.25) is 0 Å². The Bertz CT molecular complexity index is 991. The number of rotatable bonds is 7. The fraction of sp³-hybridized carbons (Fsp3) is 0.577. The molecule has 0 bridgehead atoms. The number of nitrogens with zero attached hydrogens (tertiary/aromatic N) is 3. The molecule has 0 spiro atoms. The lowest BCUT2D eigenvalue weighted by Gasteiger charge is -2.36. The van der Waals surface area contributed by atoms with Crippen molar-refractivity contribution in [2.75, 3.05) is 36.9 Å². The van der Waals surface area contributed by atoms with Crippen LogP contribution in [-0.2, 0) is 4.74 Å². The number of likely N-dealkylation sites (tertiary alicyclic amines) is 1. The van der Waals surface area contributed by atoms with Crippen molar-refractivity contribution in [1.82, 2.24) is 14.9 Å². The second kappa shape index (κ2) is 9.77. The summed E-state index contributed by atoms with van der Waals surface area (Å²) in [6.45, 7) is 8.17. The minimum Gasteiger partial charge on any atom is -0.380 e. The average Bonchev–Trinajstić information content (AvgIpc) is 3.32. The van der Waals surface area contributed by atoms with E-state index < -0.39 is 0 Å². The molecule has 3 fully saturated rings. The summed E-state index contributed by atoms with van der Waals surface area (Å²) in [5.41, 5.74) is 4.50. The van der Waals surface area contributed by atoms with Crippen LogP contribution in [0.1, 0.15) is 67.0 Å². The van der Waals surface area contributed by atoms with Crippen molar-refractivity contribution in [1.29, 1.82) is 5.41 Å². The molecule has 0 radical (unpaired) electrons. The largest absolute Gasteiger partial charge is 0.380 e. The normalized spacial score (nSPS) is 22.2. The molecule has 5 rings (SSSR count). The van der Waals surface area contributed by atoms with E-state index in [1.165, 1.54) is 55.9 Å². The van der Waals surface area contributed by atoms with Crippen LogP contribution in [-0.4, -0.2) is 59.5 Å². The summed E-state index contributed by atoms with van der Waals surface area (Å²) >= 11 is 0. The van der Waals surface area contributed by atoms with Crippen molar-refractivity contribution in [2.24, 2.45) is 0 Å². The maximum absolute atomic E-state index is 7.96. The molecular weight excluding hydrogens is 412 g/mol. The first kappa shape index (κ1) is 22.3. The van der Waals surface area contributed by atoms with Crippen molar-refractivity contribution in [2.45, 2.75) is 70.4 Å². The highest BCUT2D eigenvalue weighted by Gasteiger charge is 2.29. The maximum Gasteiger partial charge on any atom is 0.136 e. The van der Waals surface area contributed by atoms with Gasteiger partial charge in [-0.05, 0) is 94.6 Å². The highest BCUT2D eigenvalue weighted by atomic mass is 16.5. The summed E-state index contributed by atoms with van der Waals surface area (Å²) in [5.74, 6) is 2.95. The number of ether oxygens (including phenoxy) is 1. The molecule has 1 atom stereocenters. The topological polar surface area (TPSA) is 86.2 Å². The molecule has 1 aliphatic carbocycles. The molecule has 2 saturated heterocycles. The summed E-state index contributed by atoms with van der Waals surface area (Å²) in [7, 11) is 0. The molecule has 1 aromatic heterocycles. The molecule has 0 amide bonds. The highest BCUT2D eigenvalue weighted by Crippen LogP contribution is 2.35. The van der Waals surface area contributed by atoms with Gasteiger partial charge in [-0.25, -0.2) is 9.97 Å². The summed E-state index contributed by atoms with van der Waals surface area (Å²) in [6, 6.07) is 7.51. The number of benzene rings is 1. The molecule has 3 aliphatic rings. The third-order valence-electron chi connectivity index (χ3n) is 7.54. The zero-order chi connectivity index (χ0) is 22.8. The van der Waals surface area contributed by atoms with Gasteiger partial charge in [0.15, 0.2) is 0 Å². The van der Waals surface area contributed by atoms with Gasteiger partial charge in [0.1, 0.15) is 17.5 Å². The molecule has 3 heterocycles. The van der Waals surface area contributed by atoms with Gasteiger partial charge >= 0.3 is 0 Å². The van der Waals surface area contributed by atoms with Crippen LogP contribution in [0, 0.1) is 19.3 Å². The lowest BCUT2D eigenvalue weighted by molar-refractivity contribution is 0.122. The van der Waals surface area contributed by atoms with E-state index in [9.17, 15) is 0 Å². The van der Waals surface area contributed by atoms with Crippen LogP contribution in [0.25, 0.3) is 0 Å². The molecule has 2 aliphatic heterocycles. The minimum atomic E-state index is 0.525. The van der Waals surface area contributed by atoms with Crippen LogP contribution in [0.2, 0.25) is 0 Å². The molecule has 1 saturated carbocycles. The Hall–Kier alpha value is -2.51. The van der Waals surface area contributed by atoms with Crippen LogP contribution < -0.4 is 10.6 Å². The summed E-state index contributed by atoms with van der Waals surface area (Å²) in [4.78, 5) is 11.8. The number of anilines is 3. The Balaban J connectivity index is 1.34. The summed E-state index contributed by atoms with van der Waals surface area (Å²) in [6.07, 6.45) is 8.64. The van der Waals surface area contributed by atoms with E-state index in [2.05, 4.69) is 44.6 Å². The fourth-order valence-electron chi connectivity index (χ4n) is 5.41. The number of aromatic nitrogens is 2. The maximum atomic E-state index is 7.96. The fourth-order valence-corrected chi connectivity index (χ4v) is 5.41. The third kappa shape index (κ3) is 5.04. The van der Waals surface area contributed by atoms with Crippen LogP contribution in [0.5, 0.6) is 0 Å². The standard InChI is InChI=1S/C26H36N6O/c1-17-12-20(15-27)24(31-26-14-25(28-18(2)29-26)30-21-4-3-5-21)13-23(17)19-6-9-32(10-7-19)22-8-11-33-16-22/h12-15,19,21-22,27H,3-11,16H2,1-2H3,(H2,28,29,30,31). The minimum absolute atomic E-state index is 0.525. The van der Waals surface area contributed by atoms with Crippen molar-refractivity contribution < 1.29 is 4.74 Å². The van der Waals surface area contributed by atoms with Crippen molar-refractivity contribution in [3.63, 3.8) is 0 Å². The van der Waals surface area contributed by atoms with E-state index in [0.29, 0.717) is 18.0 Å². The Kier molecular flexibility index (Phi) is 6.60. The lowest BCUT2D eigenvalue weighted by Crippen LogP contribution is -2.41. The molecule has 7 nitrogen and oxygen atoms in total. The Labute approximate surface area is 196 Å². The van der Waals surface area contributed by atoms with Crippen molar-refractivity contribution >= 4 is 23.5 Å². The summed E-state index contributed by atoms with van der Waals surface area (Å²) < 4.78 is 5.60. The first-order valence-corrected chi connectivity index (χ1v) is 12.4. The van der Waals surface area contributed by atoms with E-state index in [1.54, 1.807) is 0 Å². The second-order valence-corrected chi connectivity index (χ2v) is 9.85. The van der Waals surface area contributed by atoms with Gasteiger partial charge < -0.3 is 20.8 Å². The Morgan fingerprint density at radius 1 is 1.03 bits per heavy atom. The van der Waals surface area contributed by atoms with Gasteiger partial charge in [0, 0.05) is 42.2 Å². The number of hydrogen-bond donors (Lipinski definition) is 3. The van der Waals surface area contributed by atoms with Gasteiger partial charge in [-0.1, -0.05) is 0 Å². The second-order valence-electron chi connectivity index (χ2n) is 9.85. The quantitative estimate of drug-likeness (QED) is 0.529. The predicted molar refractivity (Wildman–Crippen MR) is 133 cm³/mol. The lowest BCUT2D eigenvalue weighted by atomic mass is 9.85. The van der Waals surface area contributed by atoms with Crippen molar-refractivity contribution in [3.8, 4) is 0 Å². The number of hydrogen-bond acceptors (Lipinski definition) is 7. The number of aryl methyl sites for hydroxylation is 2. The monoisotopic (exact) mass is 448 g/mol. The van der Waals surface area contributed by atoms with Crippen LogP contribution in [0.4, 0.5) is 17.3 Å². The van der Waals surface area contributed by atoms with Crippen molar-refractivity contribution in [3.05, 3.63) is 40.7 Å². The summed E-state index contributed by atoms with van der Waals surface area (Å²) in [5, 5.41) is 15.0. The molecule has 2 aromatic rings. The zero-order valence-corrected chi connectivity index (χ0v) is 19.9. The van der Waals surface area contributed by atoms with Crippen LogP contribution in [0.3, 0.4) is 0 Å². The van der Waals surface area contributed by atoms with Crippen LogP contribution >= 0.6 is 0 Å². The molecular formula is C26H36N6O.